The van der Waals surface area contributed by atoms with Crippen molar-refractivity contribution in [2.24, 2.45) is 0 Å². The summed E-state index contributed by atoms with van der Waals surface area (Å²) in [7, 11) is 0. The van der Waals surface area contributed by atoms with Gasteiger partial charge in [0.2, 0.25) is 0 Å². The molecule has 0 aliphatic rings. The van der Waals surface area contributed by atoms with E-state index in [1.165, 1.54) is 0 Å². The van der Waals surface area contributed by atoms with Crippen LogP contribution in [0.4, 0.5) is 5.69 Å². The molecule has 0 aliphatic heterocycles. The zero-order valence-electron chi connectivity index (χ0n) is 24.6. The first-order valence-electron chi connectivity index (χ1n) is 15.2. The van der Waals surface area contributed by atoms with Crippen LogP contribution in [-0.2, 0) is 0 Å². The highest BCUT2D eigenvalue weighted by Gasteiger charge is 2.24. The van der Waals surface area contributed by atoms with E-state index in [1.54, 1.807) is 0 Å². The molecule has 3 aromatic heterocycles. The molecule has 4 heteroatoms. The quantitative estimate of drug-likeness (QED) is 0.186. The Balaban J connectivity index is 1.77. The van der Waals surface area contributed by atoms with Crippen molar-refractivity contribution in [2.45, 2.75) is 0 Å². The first-order chi connectivity index (χ1) is 22.8. The van der Waals surface area contributed by atoms with Gasteiger partial charge >= 0.3 is 0 Å². The fraction of sp³-hybridized carbons (Fsp3) is 0. The van der Waals surface area contributed by atoms with E-state index in [2.05, 4.69) is 141 Å². The molecule has 0 radical (unpaired) electrons. The maximum absolute atomic E-state index is 10.1. The smallest absolute Gasteiger partial charge is 0.189 e. The largest absolute Gasteiger partial charge is 0.308 e. The molecular weight excluding hydrogens is 560 g/mol. The summed E-state index contributed by atoms with van der Waals surface area (Å²) in [6, 6.07) is 52.6. The fourth-order valence-corrected chi connectivity index (χ4v) is 7.24. The van der Waals surface area contributed by atoms with Gasteiger partial charge in [-0.05, 0) is 41.5 Å². The van der Waals surface area contributed by atoms with Gasteiger partial charge in [0.05, 0.1) is 45.8 Å². The maximum atomic E-state index is 10.1. The number of nitriles is 1. The van der Waals surface area contributed by atoms with Gasteiger partial charge in [-0.3, -0.25) is 0 Å². The van der Waals surface area contributed by atoms with Crippen molar-refractivity contribution >= 4 is 60.3 Å². The average Bonchev–Trinajstić information content (AvgIpc) is 3.64. The van der Waals surface area contributed by atoms with Gasteiger partial charge in [0, 0.05) is 38.2 Å². The molecular formula is C42H24N4. The minimum Gasteiger partial charge on any atom is -0.308 e. The maximum Gasteiger partial charge on any atom is 0.189 e. The Kier molecular flexibility index (Phi) is 5.59. The third-order valence-electron chi connectivity index (χ3n) is 9.11. The minimum atomic E-state index is 0.573. The summed E-state index contributed by atoms with van der Waals surface area (Å²) < 4.78 is 4.72. The molecule has 0 N–H and O–H groups in total. The molecule has 0 amide bonds. The summed E-state index contributed by atoms with van der Waals surface area (Å²) in [6.07, 6.45) is 0. The molecule has 3 heterocycles. The molecule has 0 spiro atoms. The Morgan fingerprint density at radius 3 is 1.48 bits per heavy atom. The van der Waals surface area contributed by atoms with Gasteiger partial charge in [0.1, 0.15) is 0 Å². The summed E-state index contributed by atoms with van der Waals surface area (Å²) in [6.45, 7) is 7.96. The molecule has 0 bridgehead atoms. The van der Waals surface area contributed by atoms with Gasteiger partial charge in [0.25, 0.3) is 0 Å². The number of para-hydroxylation sites is 2. The highest BCUT2D eigenvalue weighted by Crippen LogP contribution is 2.46. The third kappa shape index (κ3) is 3.59. The van der Waals surface area contributed by atoms with Crippen molar-refractivity contribution < 1.29 is 0 Å². The highest BCUT2D eigenvalue weighted by molar-refractivity contribution is 6.21. The second-order valence-electron chi connectivity index (χ2n) is 11.5. The van der Waals surface area contributed by atoms with Crippen LogP contribution in [0.1, 0.15) is 5.56 Å². The molecule has 0 unspecified atom stereocenters. The number of rotatable bonds is 2. The van der Waals surface area contributed by atoms with Crippen molar-refractivity contribution in [3.05, 3.63) is 163 Å². The van der Waals surface area contributed by atoms with E-state index in [1.807, 2.05) is 24.3 Å². The topological polar surface area (TPSA) is 37.0 Å². The number of aromatic nitrogens is 2. The van der Waals surface area contributed by atoms with Crippen LogP contribution in [0.15, 0.2) is 146 Å². The summed E-state index contributed by atoms with van der Waals surface area (Å²) >= 11 is 0. The number of nitrogens with zero attached hydrogens (tertiary/aromatic N) is 4. The van der Waals surface area contributed by atoms with Crippen LogP contribution < -0.4 is 0 Å². The zero-order valence-corrected chi connectivity index (χ0v) is 24.6. The van der Waals surface area contributed by atoms with Crippen LogP contribution in [0.3, 0.4) is 0 Å². The first-order valence-corrected chi connectivity index (χ1v) is 15.2. The lowest BCUT2D eigenvalue weighted by atomic mass is 9.99. The monoisotopic (exact) mass is 584 g/mol. The van der Waals surface area contributed by atoms with Crippen molar-refractivity contribution in [1.29, 1.82) is 5.26 Å². The van der Waals surface area contributed by atoms with Crippen LogP contribution >= 0.6 is 0 Å². The molecule has 6 aromatic carbocycles. The van der Waals surface area contributed by atoms with E-state index >= 15 is 0 Å². The van der Waals surface area contributed by atoms with Crippen LogP contribution in [0.5, 0.6) is 0 Å². The van der Waals surface area contributed by atoms with Gasteiger partial charge in [-0.2, -0.15) is 5.26 Å². The van der Waals surface area contributed by atoms with E-state index < -0.39 is 0 Å². The lowest BCUT2D eigenvalue weighted by Gasteiger charge is -2.13. The minimum absolute atomic E-state index is 0.573. The van der Waals surface area contributed by atoms with Crippen LogP contribution in [0, 0.1) is 17.9 Å². The van der Waals surface area contributed by atoms with Crippen LogP contribution in [0.2, 0.25) is 0 Å². The Bertz CT molecular complexity index is 2610. The predicted octanol–water partition coefficient (Wildman–Crippen LogP) is 11.1. The standard InChI is InChI=1S/C42H24N4/c1-44-30-21-23-32-31-22-20-27(26-43)24-37(31)45-35-18-10-8-16-33(35)39(28-12-4-2-5-13-28)41(45)42-40(29-14-6-3-7-15-29)34-17-9-11-19-36(34)46(42)38(32)25-30/h2-25H. The Morgan fingerprint density at radius 1 is 0.478 bits per heavy atom. The Labute approximate surface area is 264 Å². The van der Waals surface area contributed by atoms with E-state index in [0.717, 1.165) is 76.9 Å². The Hall–Kier alpha value is -6.62. The molecule has 46 heavy (non-hydrogen) atoms. The van der Waals surface area contributed by atoms with E-state index in [0.29, 0.717) is 11.3 Å². The molecule has 4 nitrogen and oxygen atoms in total. The molecule has 212 valence electrons. The third-order valence-corrected chi connectivity index (χ3v) is 9.11. The van der Waals surface area contributed by atoms with E-state index in [9.17, 15) is 5.26 Å². The molecule has 9 aromatic rings. The van der Waals surface area contributed by atoms with Gasteiger partial charge in [-0.25, -0.2) is 4.85 Å². The lowest BCUT2D eigenvalue weighted by Crippen LogP contribution is -1.95. The van der Waals surface area contributed by atoms with Crippen molar-refractivity contribution in [2.75, 3.05) is 0 Å². The average molecular weight is 585 g/mol. The Morgan fingerprint density at radius 2 is 0.957 bits per heavy atom. The van der Waals surface area contributed by atoms with E-state index in [4.69, 9.17) is 6.57 Å². The van der Waals surface area contributed by atoms with Crippen molar-refractivity contribution in [1.82, 2.24) is 8.80 Å². The second-order valence-corrected chi connectivity index (χ2v) is 11.5. The van der Waals surface area contributed by atoms with Crippen LogP contribution in [0.25, 0.3) is 81.7 Å². The summed E-state index contributed by atoms with van der Waals surface area (Å²) in [5.74, 6) is 0. The fourth-order valence-electron chi connectivity index (χ4n) is 7.24. The molecule has 0 atom stereocenters. The van der Waals surface area contributed by atoms with Crippen molar-refractivity contribution in [3.63, 3.8) is 0 Å². The van der Waals surface area contributed by atoms with Gasteiger partial charge in [-0.15, -0.1) is 0 Å². The zero-order chi connectivity index (χ0) is 30.8. The second kappa shape index (κ2) is 9.96. The number of hydrogen-bond donors (Lipinski definition) is 0. The molecule has 0 aliphatic carbocycles. The summed E-state index contributed by atoms with van der Waals surface area (Å²) in [5.41, 5.74) is 11.7. The van der Waals surface area contributed by atoms with Crippen molar-refractivity contribution in [3.8, 4) is 28.3 Å². The molecule has 0 fully saturated rings. The normalized spacial score (nSPS) is 11.4. The highest BCUT2D eigenvalue weighted by atomic mass is 15.0. The predicted molar refractivity (Wildman–Crippen MR) is 189 cm³/mol. The van der Waals surface area contributed by atoms with Gasteiger partial charge < -0.3 is 8.80 Å². The van der Waals surface area contributed by atoms with E-state index in [-0.39, 0.29) is 0 Å². The lowest BCUT2D eigenvalue weighted by molar-refractivity contribution is 1.30. The summed E-state index contributed by atoms with van der Waals surface area (Å²) in [5, 5.41) is 14.4. The number of benzene rings is 6. The van der Waals surface area contributed by atoms with Gasteiger partial charge in [-0.1, -0.05) is 115 Å². The number of fused-ring (bicyclic) bond motifs is 12. The summed E-state index contributed by atoms with van der Waals surface area (Å²) in [4.78, 5) is 3.87. The van der Waals surface area contributed by atoms with Crippen LogP contribution in [-0.4, -0.2) is 8.80 Å². The molecule has 0 saturated carbocycles. The SMILES string of the molecule is [C-]#[N+]c1ccc2c3ccc(C#N)cc3n3c4ccccc4c(-c4ccccc4)c3c3c(-c4ccccc4)c4ccccc4n3c2c1. The molecule has 9 rings (SSSR count). The molecule has 0 saturated heterocycles. The van der Waals surface area contributed by atoms with Gasteiger partial charge in [0.15, 0.2) is 5.69 Å². The first kappa shape index (κ1) is 25.8. The number of hydrogen-bond acceptors (Lipinski definition) is 1.